The van der Waals surface area contributed by atoms with Crippen molar-refractivity contribution < 1.29 is 19.4 Å². The summed E-state index contributed by atoms with van der Waals surface area (Å²) in [4.78, 5) is 10.9. The third-order valence-electron chi connectivity index (χ3n) is 2.84. The van der Waals surface area contributed by atoms with E-state index in [1.807, 2.05) is 0 Å². The maximum Gasteiger partial charge on any atom is 0.311 e. The third kappa shape index (κ3) is 2.85. The molecule has 1 fully saturated rings. The van der Waals surface area contributed by atoms with Crippen molar-refractivity contribution >= 4 is 5.97 Å². The van der Waals surface area contributed by atoms with Crippen LogP contribution in [0.1, 0.15) is 25.6 Å². The molecular formula is C11H17N3O4. The van der Waals surface area contributed by atoms with E-state index in [1.54, 1.807) is 24.7 Å². The molecule has 0 radical (unpaired) electrons. The van der Waals surface area contributed by atoms with Crippen LogP contribution in [-0.4, -0.2) is 45.9 Å². The summed E-state index contributed by atoms with van der Waals surface area (Å²) in [6.07, 6.45) is 1.81. The Kier molecular flexibility index (Phi) is 3.63. The SMILES string of the molecule is CC(C)(COCc1cn(C2COC2)nn1)C(=O)O. The van der Waals surface area contributed by atoms with Crippen molar-refractivity contribution in [2.75, 3.05) is 19.8 Å². The van der Waals surface area contributed by atoms with Gasteiger partial charge in [0, 0.05) is 0 Å². The molecular weight excluding hydrogens is 238 g/mol. The van der Waals surface area contributed by atoms with Gasteiger partial charge >= 0.3 is 5.97 Å². The van der Waals surface area contributed by atoms with E-state index >= 15 is 0 Å². The molecule has 100 valence electrons. The van der Waals surface area contributed by atoms with Gasteiger partial charge in [-0.15, -0.1) is 5.10 Å². The molecule has 18 heavy (non-hydrogen) atoms. The molecule has 2 heterocycles. The molecule has 0 spiro atoms. The summed E-state index contributed by atoms with van der Waals surface area (Å²) in [5.74, 6) is -0.877. The highest BCUT2D eigenvalue weighted by atomic mass is 16.5. The summed E-state index contributed by atoms with van der Waals surface area (Å²) < 4.78 is 12.2. The molecule has 0 atom stereocenters. The first-order valence-corrected chi connectivity index (χ1v) is 5.78. The maximum atomic E-state index is 10.9. The van der Waals surface area contributed by atoms with Crippen molar-refractivity contribution in [3.05, 3.63) is 11.9 Å². The van der Waals surface area contributed by atoms with E-state index in [1.165, 1.54) is 0 Å². The summed E-state index contributed by atoms with van der Waals surface area (Å²) in [5, 5.41) is 16.9. The van der Waals surface area contributed by atoms with Crippen LogP contribution in [0.15, 0.2) is 6.20 Å². The lowest BCUT2D eigenvalue weighted by atomic mass is 9.95. The quantitative estimate of drug-likeness (QED) is 0.795. The first-order valence-electron chi connectivity index (χ1n) is 5.78. The van der Waals surface area contributed by atoms with Crippen LogP contribution in [-0.2, 0) is 20.9 Å². The molecule has 1 aliphatic heterocycles. The highest BCUT2D eigenvalue weighted by Gasteiger charge is 2.27. The molecule has 0 aliphatic carbocycles. The summed E-state index contributed by atoms with van der Waals surface area (Å²) in [6, 6.07) is 0.265. The van der Waals surface area contributed by atoms with Gasteiger partial charge in [0.15, 0.2) is 0 Å². The van der Waals surface area contributed by atoms with Crippen LogP contribution in [0.4, 0.5) is 0 Å². The summed E-state index contributed by atoms with van der Waals surface area (Å²) in [5.41, 5.74) is -0.194. The van der Waals surface area contributed by atoms with Crippen LogP contribution in [0.5, 0.6) is 0 Å². The van der Waals surface area contributed by atoms with Gasteiger partial charge < -0.3 is 14.6 Å². The van der Waals surface area contributed by atoms with E-state index in [0.717, 1.165) is 0 Å². The van der Waals surface area contributed by atoms with E-state index < -0.39 is 11.4 Å². The average Bonchev–Trinajstić information content (AvgIpc) is 2.63. The van der Waals surface area contributed by atoms with E-state index in [0.29, 0.717) is 18.9 Å². The van der Waals surface area contributed by atoms with Crippen LogP contribution in [0.3, 0.4) is 0 Å². The lowest BCUT2D eigenvalue weighted by Crippen LogP contribution is -2.31. The normalized spacial score (nSPS) is 16.6. The highest BCUT2D eigenvalue weighted by molar-refractivity contribution is 5.73. The van der Waals surface area contributed by atoms with Crippen LogP contribution < -0.4 is 0 Å². The molecule has 0 amide bonds. The molecule has 0 saturated carbocycles. The Morgan fingerprint density at radius 3 is 2.94 bits per heavy atom. The number of aliphatic carboxylic acids is 1. The smallest absolute Gasteiger partial charge is 0.311 e. The van der Waals surface area contributed by atoms with Crippen molar-refractivity contribution in [1.82, 2.24) is 15.0 Å². The number of carbonyl (C=O) groups is 1. The summed E-state index contributed by atoms with van der Waals surface area (Å²) in [7, 11) is 0. The molecule has 1 aliphatic rings. The number of ether oxygens (including phenoxy) is 2. The molecule has 1 saturated heterocycles. The Morgan fingerprint density at radius 2 is 2.39 bits per heavy atom. The van der Waals surface area contributed by atoms with Crippen molar-refractivity contribution in [2.24, 2.45) is 5.41 Å². The zero-order valence-corrected chi connectivity index (χ0v) is 10.5. The van der Waals surface area contributed by atoms with Crippen LogP contribution in [0, 0.1) is 5.41 Å². The predicted molar refractivity (Wildman–Crippen MR) is 61.0 cm³/mol. The van der Waals surface area contributed by atoms with Crippen molar-refractivity contribution in [3.8, 4) is 0 Å². The van der Waals surface area contributed by atoms with Gasteiger partial charge in [-0.3, -0.25) is 4.79 Å². The zero-order valence-electron chi connectivity index (χ0n) is 10.5. The van der Waals surface area contributed by atoms with E-state index in [2.05, 4.69) is 10.3 Å². The highest BCUT2D eigenvalue weighted by Crippen LogP contribution is 2.17. The third-order valence-corrected chi connectivity index (χ3v) is 2.84. The van der Waals surface area contributed by atoms with Gasteiger partial charge in [0.1, 0.15) is 11.7 Å². The average molecular weight is 255 g/mol. The molecule has 1 N–H and O–H groups in total. The minimum absolute atomic E-state index is 0.141. The fraction of sp³-hybridized carbons (Fsp3) is 0.727. The zero-order chi connectivity index (χ0) is 13.2. The van der Waals surface area contributed by atoms with Gasteiger partial charge in [-0.05, 0) is 13.8 Å². The predicted octanol–water partition coefficient (Wildman–Crippen LogP) is 0.477. The standard InChI is InChI=1S/C11H17N3O4/c1-11(2,10(15)16)7-18-4-8-3-14(13-12-8)9-5-17-6-9/h3,9H,4-7H2,1-2H3,(H,15,16). The topological polar surface area (TPSA) is 86.5 Å². The Labute approximate surface area is 105 Å². The minimum atomic E-state index is -0.891. The molecule has 7 nitrogen and oxygen atoms in total. The summed E-state index contributed by atoms with van der Waals surface area (Å²) >= 11 is 0. The Balaban J connectivity index is 1.80. The van der Waals surface area contributed by atoms with Crippen molar-refractivity contribution in [1.29, 1.82) is 0 Å². The van der Waals surface area contributed by atoms with Gasteiger partial charge in [0.05, 0.1) is 38.0 Å². The largest absolute Gasteiger partial charge is 0.481 e. The van der Waals surface area contributed by atoms with E-state index in [4.69, 9.17) is 14.6 Å². The van der Waals surface area contributed by atoms with Crippen LogP contribution in [0.25, 0.3) is 0 Å². The van der Waals surface area contributed by atoms with Gasteiger partial charge in [-0.25, -0.2) is 4.68 Å². The van der Waals surface area contributed by atoms with E-state index in [9.17, 15) is 4.79 Å². The van der Waals surface area contributed by atoms with Crippen LogP contribution in [0.2, 0.25) is 0 Å². The number of rotatable bonds is 6. The molecule has 0 unspecified atom stereocenters. The fourth-order valence-corrected chi connectivity index (χ4v) is 1.41. The molecule has 2 rings (SSSR count). The minimum Gasteiger partial charge on any atom is -0.481 e. The fourth-order valence-electron chi connectivity index (χ4n) is 1.41. The first-order chi connectivity index (χ1) is 8.49. The molecule has 0 aromatic carbocycles. The second kappa shape index (κ2) is 5.03. The second-order valence-electron chi connectivity index (χ2n) is 5.06. The monoisotopic (exact) mass is 255 g/mol. The summed E-state index contributed by atoms with van der Waals surface area (Å²) in [6.45, 7) is 4.98. The van der Waals surface area contributed by atoms with Crippen molar-refractivity contribution in [2.45, 2.75) is 26.5 Å². The number of hydrogen-bond donors (Lipinski definition) is 1. The van der Waals surface area contributed by atoms with Gasteiger partial charge in [0.25, 0.3) is 0 Å². The molecule has 1 aromatic heterocycles. The van der Waals surface area contributed by atoms with Crippen LogP contribution >= 0.6 is 0 Å². The Bertz CT molecular complexity index is 426. The molecule has 1 aromatic rings. The number of hydrogen-bond acceptors (Lipinski definition) is 5. The number of nitrogens with zero attached hydrogens (tertiary/aromatic N) is 3. The van der Waals surface area contributed by atoms with Gasteiger partial charge in [-0.2, -0.15) is 0 Å². The van der Waals surface area contributed by atoms with Crippen molar-refractivity contribution in [3.63, 3.8) is 0 Å². The Morgan fingerprint density at radius 1 is 1.67 bits per heavy atom. The number of carboxylic acid groups (broad SMARTS) is 1. The first kappa shape index (κ1) is 13.0. The Hall–Kier alpha value is -1.47. The molecule has 7 heteroatoms. The van der Waals surface area contributed by atoms with E-state index in [-0.39, 0.29) is 19.3 Å². The lowest BCUT2D eigenvalue weighted by Gasteiger charge is -2.25. The van der Waals surface area contributed by atoms with Gasteiger partial charge in [0.2, 0.25) is 0 Å². The lowest BCUT2D eigenvalue weighted by molar-refractivity contribution is -0.150. The number of carboxylic acids is 1. The maximum absolute atomic E-state index is 10.9. The second-order valence-corrected chi connectivity index (χ2v) is 5.06. The number of aromatic nitrogens is 3. The molecule has 0 bridgehead atoms. The van der Waals surface area contributed by atoms with Gasteiger partial charge in [-0.1, -0.05) is 5.21 Å².